The van der Waals surface area contributed by atoms with Gasteiger partial charge in [-0.25, -0.2) is 5.43 Å². The highest BCUT2D eigenvalue weighted by Gasteiger charge is 2.22. The number of aromatic nitrogens is 2. The van der Waals surface area contributed by atoms with E-state index in [4.69, 9.17) is 27.9 Å². The van der Waals surface area contributed by atoms with Crippen molar-refractivity contribution in [2.24, 2.45) is 5.10 Å². The standard InChI is InChI=1S/C22H21Cl2N5O4/c1-13(25-26-21(30)11-28-15(3)22(29(31)32)14(2)27-28)16-7-9-17(10-8-16)33-12-18-19(23)5-4-6-20(18)24/h4-10H,11-12H2,1-3H3,(H,26,30)/b25-13+. The Balaban J connectivity index is 1.59. The molecule has 0 bridgehead atoms. The highest BCUT2D eigenvalue weighted by Crippen LogP contribution is 2.26. The Morgan fingerprint density at radius 1 is 1.18 bits per heavy atom. The van der Waals surface area contributed by atoms with Crippen molar-refractivity contribution in [3.63, 3.8) is 0 Å². The number of nitro groups is 1. The normalized spacial score (nSPS) is 11.4. The first-order valence-electron chi connectivity index (χ1n) is 9.85. The molecule has 0 saturated carbocycles. The zero-order valence-corrected chi connectivity index (χ0v) is 19.6. The minimum absolute atomic E-state index is 0.0957. The molecule has 3 rings (SSSR count). The summed E-state index contributed by atoms with van der Waals surface area (Å²) >= 11 is 12.3. The molecule has 172 valence electrons. The van der Waals surface area contributed by atoms with Crippen LogP contribution in [0.4, 0.5) is 5.69 Å². The Labute approximate surface area is 200 Å². The highest BCUT2D eigenvalue weighted by molar-refractivity contribution is 6.35. The van der Waals surface area contributed by atoms with Gasteiger partial charge in [0.05, 0.1) is 10.6 Å². The summed E-state index contributed by atoms with van der Waals surface area (Å²) < 4.78 is 7.04. The van der Waals surface area contributed by atoms with Crippen molar-refractivity contribution in [3.05, 3.63) is 85.1 Å². The Hall–Kier alpha value is -3.43. The van der Waals surface area contributed by atoms with Crippen molar-refractivity contribution in [2.75, 3.05) is 0 Å². The molecular formula is C22H21Cl2N5O4. The first kappa shape index (κ1) is 24.2. The maximum absolute atomic E-state index is 12.2. The molecule has 9 nitrogen and oxygen atoms in total. The van der Waals surface area contributed by atoms with Gasteiger partial charge in [0.15, 0.2) is 0 Å². The number of carbonyl (C=O) groups excluding carboxylic acids is 1. The third-order valence-corrected chi connectivity index (χ3v) is 5.59. The monoisotopic (exact) mass is 489 g/mol. The van der Waals surface area contributed by atoms with Gasteiger partial charge in [0.2, 0.25) is 0 Å². The molecule has 1 amide bonds. The summed E-state index contributed by atoms with van der Waals surface area (Å²) in [7, 11) is 0. The summed E-state index contributed by atoms with van der Waals surface area (Å²) in [6.45, 7) is 4.86. The second-order valence-corrected chi connectivity index (χ2v) is 7.99. The van der Waals surface area contributed by atoms with Crippen LogP contribution in [0.5, 0.6) is 5.75 Å². The molecule has 1 heterocycles. The fourth-order valence-corrected chi connectivity index (χ4v) is 3.61. The number of hydrogen-bond donors (Lipinski definition) is 1. The van der Waals surface area contributed by atoms with E-state index in [-0.39, 0.29) is 24.5 Å². The zero-order valence-electron chi connectivity index (χ0n) is 18.1. The lowest BCUT2D eigenvalue weighted by Crippen LogP contribution is -2.25. The van der Waals surface area contributed by atoms with Crippen LogP contribution in [0.2, 0.25) is 10.0 Å². The second kappa shape index (κ2) is 10.5. The topological polar surface area (TPSA) is 112 Å². The van der Waals surface area contributed by atoms with Crippen LogP contribution in [0.15, 0.2) is 47.6 Å². The number of ether oxygens (including phenoxy) is 1. The summed E-state index contributed by atoms with van der Waals surface area (Å²) in [5.74, 6) is 0.170. The van der Waals surface area contributed by atoms with E-state index in [9.17, 15) is 14.9 Å². The molecule has 0 aliphatic rings. The van der Waals surface area contributed by atoms with E-state index >= 15 is 0 Å². The number of halogens is 2. The quantitative estimate of drug-likeness (QED) is 0.276. The molecule has 1 N–H and O–H groups in total. The molecule has 11 heteroatoms. The number of nitrogens with one attached hydrogen (secondary N) is 1. The molecule has 0 spiro atoms. The van der Waals surface area contributed by atoms with E-state index in [1.54, 1.807) is 56.3 Å². The van der Waals surface area contributed by atoms with Gasteiger partial charge in [0.25, 0.3) is 5.91 Å². The molecule has 0 fully saturated rings. The number of amides is 1. The van der Waals surface area contributed by atoms with Crippen molar-refractivity contribution in [1.29, 1.82) is 0 Å². The highest BCUT2D eigenvalue weighted by atomic mass is 35.5. The Bertz CT molecular complexity index is 1200. The largest absolute Gasteiger partial charge is 0.489 e. The lowest BCUT2D eigenvalue weighted by Gasteiger charge is -2.10. The molecule has 0 saturated heterocycles. The molecule has 3 aromatic rings. The van der Waals surface area contributed by atoms with Crippen molar-refractivity contribution in [1.82, 2.24) is 15.2 Å². The van der Waals surface area contributed by atoms with Crippen LogP contribution >= 0.6 is 23.2 Å². The second-order valence-electron chi connectivity index (χ2n) is 7.18. The van der Waals surface area contributed by atoms with E-state index in [1.807, 2.05) is 0 Å². The van der Waals surface area contributed by atoms with E-state index in [0.29, 0.717) is 32.8 Å². The van der Waals surface area contributed by atoms with Crippen molar-refractivity contribution in [2.45, 2.75) is 33.9 Å². The number of hydrazone groups is 1. The minimum Gasteiger partial charge on any atom is -0.489 e. The molecule has 0 radical (unpaired) electrons. The molecular weight excluding hydrogens is 469 g/mol. The fraction of sp³-hybridized carbons (Fsp3) is 0.227. The van der Waals surface area contributed by atoms with Gasteiger partial charge in [0.1, 0.15) is 30.3 Å². The fourth-order valence-electron chi connectivity index (χ4n) is 3.11. The van der Waals surface area contributed by atoms with Crippen LogP contribution in [0.3, 0.4) is 0 Å². The maximum Gasteiger partial charge on any atom is 0.312 e. The summed E-state index contributed by atoms with van der Waals surface area (Å²) in [6.07, 6.45) is 0. The predicted molar refractivity (Wildman–Crippen MR) is 126 cm³/mol. The van der Waals surface area contributed by atoms with Gasteiger partial charge in [-0.05, 0) is 62.7 Å². The molecule has 1 aromatic heterocycles. The van der Waals surface area contributed by atoms with Crippen LogP contribution in [0.1, 0.15) is 29.4 Å². The van der Waals surface area contributed by atoms with Crippen molar-refractivity contribution < 1.29 is 14.5 Å². The van der Waals surface area contributed by atoms with Crippen molar-refractivity contribution in [3.8, 4) is 5.75 Å². The predicted octanol–water partition coefficient (Wildman–Crippen LogP) is 4.83. The van der Waals surface area contributed by atoms with Crippen LogP contribution in [-0.4, -0.2) is 26.3 Å². The van der Waals surface area contributed by atoms with E-state index in [0.717, 1.165) is 5.56 Å². The summed E-state index contributed by atoms with van der Waals surface area (Å²) in [5, 5.41) is 20.3. The summed E-state index contributed by atoms with van der Waals surface area (Å²) in [5.41, 5.74) is 4.97. The van der Waals surface area contributed by atoms with Gasteiger partial charge >= 0.3 is 5.69 Å². The van der Waals surface area contributed by atoms with Crippen LogP contribution < -0.4 is 10.2 Å². The third kappa shape index (κ3) is 5.88. The number of aryl methyl sites for hydroxylation is 1. The van der Waals surface area contributed by atoms with Crippen LogP contribution in [0.25, 0.3) is 0 Å². The maximum atomic E-state index is 12.2. The van der Waals surface area contributed by atoms with Crippen LogP contribution in [0, 0.1) is 24.0 Å². The van der Waals surface area contributed by atoms with Gasteiger partial charge in [0, 0.05) is 15.6 Å². The first-order chi connectivity index (χ1) is 15.7. The van der Waals surface area contributed by atoms with Gasteiger partial charge in [-0.1, -0.05) is 29.3 Å². The van der Waals surface area contributed by atoms with Gasteiger partial charge < -0.3 is 4.74 Å². The Morgan fingerprint density at radius 3 is 2.39 bits per heavy atom. The molecule has 33 heavy (non-hydrogen) atoms. The van der Waals surface area contributed by atoms with Crippen LogP contribution in [-0.2, 0) is 17.9 Å². The van der Waals surface area contributed by atoms with E-state index in [1.165, 1.54) is 11.6 Å². The number of benzene rings is 2. The SMILES string of the molecule is C/C(=N\NC(=O)Cn1nc(C)c([N+](=O)[O-])c1C)c1ccc(OCc2c(Cl)cccc2Cl)cc1. The smallest absolute Gasteiger partial charge is 0.312 e. The van der Waals surface area contributed by atoms with Gasteiger partial charge in [-0.3, -0.25) is 19.6 Å². The Kier molecular flexibility index (Phi) is 7.67. The first-order valence-corrected chi connectivity index (χ1v) is 10.6. The average molecular weight is 490 g/mol. The molecule has 0 aliphatic carbocycles. The number of carbonyl (C=O) groups is 1. The van der Waals surface area contributed by atoms with Gasteiger partial charge in [-0.15, -0.1) is 0 Å². The lowest BCUT2D eigenvalue weighted by molar-refractivity contribution is -0.386. The third-order valence-electron chi connectivity index (χ3n) is 4.88. The molecule has 2 aromatic carbocycles. The van der Waals surface area contributed by atoms with E-state index < -0.39 is 10.8 Å². The number of rotatable bonds is 8. The summed E-state index contributed by atoms with van der Waals surface area (Å²) in [4.78, 5) is 22.8. The Morgan fingerprint density at radius 2 is 1.82 bits per heavy atom. The molecule has 0 aliphatic heterocycles. The van der Waals surface area contributed by atoms with E-state index in [2.05, 4.69) is 15.6 Å². The number of hydrogen-bond acceptors (Lipinski definition) is 6. The average Bonchev–Trinajstić information content (AvgIpc) is 3.05. The minimum atomic E-state index is -0.509. The van der Waals surface area contributed by atoms with Gasteiger partial charge in [-0.2, -0.15) is 10.2 Å². The number of nitrogens with zero attached hydrogens (tertiary/aromatic N) is 4. The lowest BCUT2D eigenvalue weighted by atomic mass is 10.1. The molecule has 0 atom stereocenters. The van der Waals surface area contributed by atoms with Crippen molar-refractivity contribution >= 4 is 40.5 Å². The zero-order chi connectivity index (χ0) is 24.1. The molecule has 0 unspecified atom stereocenters. The summed E-state index contributed by atoms with van der Waals surface area (Å²) in [6, 6.07) is 12.4.